The lowest BCUT2D eigenvalue weighted by atomic mass is 10.2. The number of ether oxygens (including phenoxy) is 1. The third kappa shape index (κ3) is 3.02. The topological polar surface area (TPSA) is 66.0 Å². The van der Waals surface area contributed by atoms with Crippen molar-refractivity contribution in [1.82, 2.24) is 14.8 Å². The highest BCUT2D eigenvalue weighted by atomic mass is 16.5. The van der Waals surface area contributed by atoms with Gasteiger partial charge in [0.05, 0.1) is 0 Å². The van der Waals surface area contributed by atoms with E-state index in [1.807, 2.05) is 49.5 Å². The monoisotopic (exact) mass is 280 g/mol. The highest BCUT2D eigenvalue weighted by molar-refractivity contribution is 5.53. The van der Waals surface area contributed by atoms with E-state index < -0.39 is 0 Å². The predicted molar refractivity (Wildman–Crippen MR) is 81.6 cm³/mol. The van der Waals surface area contributed by atoms with Crippen LogP contribution in [0.4, 0.5) is 5.69 Å². The fraction of sp³-hybridized carbons (Fsp3) is 0.125. The summed E-state index contributed by atoms with van der Waals surface area (Å²) in [6.45, 7) is 0.361. The zero-order valence-corrected chi connectivity index (χ0v) is 11.7. The molecule has 1 heterocycles. The molecule has 5 nitrogen and oxygen atoms in total. The molecule has 2 N–H and O–H groups in total. The van der Waals surface area contributed by atoms with E-state index >= 15 is 0 Å². The van der Waals surface area contributed by atoms with Crippen LogP contribution in [0.1, 0.15) is 5.82 Å². The van der Waals surface area contributed by atoms with Crippen LogP contribution in [0.2, 0.25) is 0 Å². The molecule has 0 bridgehead atoms. The largest absolute Gasteiger partial charge is 0.486 e. The molecule has 3 rings (SSSR count). The molecule has 0 aliphatic rings. The number of aromatic nitrogens is 3. The Kier molecular flexibility index (Phi) is 3.55. The number of nitrogen functional groups attached to an aromatic ring is 1. The average molecular weight is 280 g/mol. The molecule has 0 atom stereocenters. The van der Waals surface area contributed by atoms with Crippen LogP contribution in [0, 0.1) is 0 Å². The Morgan fingerprint density at radius 3 is 2.48 bits per heavy atom. The second-order valence-electron chi connectivity index (χ2n) is 4.70. The quantitative estimate of drug-likeness (QED) is 0.746. The molecule has 3 aromatic rings. The molecule has 21 heavy (non-hydrogen) atoms. The van der Waals surface area contributed by atoms with Crippen molar-refractivity contribution in [3.05, 3.63) is 60.4 Å². The summed E-state index contributed by atoms with van der Waals surface area (Å²) in [6, 6.07) is 17.2. The van der Waals surface area contributed by atoms with Crippen molar-refractivity contribution in [2.75, 3.05) is 5.73 Å². The number of hydrogen-bond acceptors (Lipinski definition) is 4. The maximum Gasteiger partial charge on any atom is 0.181 e. The number of nitrogens with zero attached hydrogens (tertiary/aromatic N) is 3. The zero-order valence-electron chi connectivity index (χ0n) is 11.7. The van der Waals surface area contributed by atoms with Gasteiger partial charge < -0.3 is 10.5 Å². The summed E-state index contributed by atoms with van der Waals surface area (Å²) in [6.07, 6.45) is 0. The third-order valence-corrected chi connectivity index (χ3v) is 3.13. The van der Waals surface area contributed by atoms with Gasteiger partial charge in [-0.1, -0.05) is 30.3 Å². The summed E-state index contributed by atoms with van der Waals surface area (Å²) >= 11 is 0. The number of nitrogens with two attached hydrogens (primary N) is 1. The van der Waals surface area contributed by atoms with E-state index in [0.29, 0.717) is 18.1 Å². The lowest BCUT2D eigenvalue weighted by molar-refractivity contribution is 0.290. The Morgan fingerprint density at radius 1 is 1.05 bits per heavy atom. The summed E-state index contributed by atoms with van der Waals surface area (Å²) < 4.78 is 7.43. The normalized spacial score (nSPS) is 10.5. The van der Waals surface area contributed by atoms with Crippen LogP contribution in [0.3, 0.4) is 0 Å². The van der Waals surface area contributed by atoms with Gasteiger partial charge in [-0.15, -0.1) is 0 Å². The van der Waals surface area contributed by atoms with Crippen molar-refractivity contribution in [2.45, 2.75) is 6.61 Å². The van der Waals surface area contributed by atoms with Crippen molar-refractivity contribution >= 4 is 5.69 Å². The molecule has 0 spiro atoms. The number of aryl methyl sites for hydroxylation is 1. The maximum absolute atomic E-state index is 5.70. The molecule has 1 aromatic heterocycles. The fourth-order valence-electron chi connectivity index (χ4n) is 1.96. The van der Waals surface area contributed by atoms with Gasteiger partial charge in [0.25, 0.3) is 0 Å². The Balaban J connectivity index is 1.74. The molecule has 0 radical (unpaired) electrons. The molecule has 0 saturated heterocycles. The SMILES string of the molecule is Cn1nc(-c2ccccc2)nc1COc1ccc(N)cc1. The molecule has 0 unspecified atom stereocenters. The van der Waals surface area contributed by atoms with Crippen molar-refractivity contribution in [2.24, 2.45) is 7.05 Å². The standard InChI is InChI=1S/C16H16N4O/c1-20-15(11-21-14-9-7-13(17)8-10-14)18-16(19-20)12-5-3-2-4-6-12/h2-10H,11,17H2,1H3. The van der Waals surface area contributed by atoms with E-state index in [9.17, 15) is 0 Å². The summed E-state index contributed by atoms with van der Waals surface area (Å²) in [4.78, 5) is 4.51. The van der Waals surface area contributed by atoms with Crippen molar-refractivity contribution < 1.29 is 4.74 Å². The van der Waals surface area contributed by atoms with Gasteiger partial charge in [-0.2, -0.15) is 5.10 Å². The summed E-state index contributed by atoms with van der Waals surface area (Å²) in [5.41, 5.74) is 7.35. The first-order valence-corrected chi connectivity index (χ1v) is 6.66. The van der Waals surface area contributed by atoms with Crippen molar-refractivity contribution in [1.29, 1.82) is 0 Å². The van der Waals surface area contributed by atoms with E-state index in [-0.39, 0.29) is 0 Å². The molecule has 0 saturated carbocycles. The van der Waals surface area contributed by atoms with Crippen molar-refractivity contribution in [3.8, 4) is 17.1 Å². The van der Waals surface area contributed by atoms with Crippen LogP contribution in [-0.4, -0.2) is 14.8 Å². The first-order valence-electron chi connectivity index (χ1n) is 6.66. The van der Waals surface area contributed by atoms with Gasteiger partial charge in [0.15, 0.2) is 11.6 Å². The molecule has 0 aliphatic carbocycles. The van der Waals surface area contributed by atoms with Gasteiger partial charge in [-0.25, -0.2) is 9.67 Å². The summed E-state index contributed by atoms with van der Waals surface area (Å²) in [7, 11) is 1.86. The van der Waals surface area contributed by atoms with Crippen LogP contribution < -0.4 is 10.5 Å². The fourth-order valence-corrected chi connectivity index (χ4v) is 1.96. The molecule has 0 fully saturated rings. The van der Waals surface area contributed by atoms with Crippen LogP contribution in [-0.2, 0) is 13.7 Å². The summed E-state index contributed by atoms with van der Waals surface area (Å²) in [5, 5.41) is 4.41. The Morgan fingerprint density at radius 2 is 1.76 bits per heavy atom. The van der Waals surface area contributed by atoms with Gasteiger partial charge in [-0.05, 0) is 24.3 Å². The lowest BCUT2D eigenvalue weighted by Crippen LogP contribution is -2.04. The van der Waals surface area contributed by atoms with Gasteiger partial charge in [0.1, 0.15) is 12.4 Å². The second kappa shape index (κ2) is 5.66. The molecule has 0 aliphatic heterocycles. The number of rotatable bonds is 4. The summed E-state index contributed by atoms with van der Waals surface area (Å²) in [5.74, 6) is 2.23. The molecule has 0 amide bonds. The molecule has 5 heteroatoms. The minimum atomic E-state index is 0.361. The first kappa shape index (κ1) is 13.2. The van der Waals surface area contributed by atoms with E-state index in [2.05, 4.69) is 10.1 Å². The Hall–Kier alpha value is -2.82. The zero-order chi connectivity index (χ0) is 14.7. The van der Waals surface area contributed by atoms with Crippen LogP contribution in [0.5, 0.6) is 5.75 Å². The highest BCUT2D eigenvalue weighted by Crippen LogP contribution is 2.17. The Bertz CT molecular complexity index is 720. The predicted octanol–water partition coefficient (Wildman–Crippen LogP) is 2.64. The first-order chi connectivity index (χ1) is 10.2. The van der Waals surface area contributed by atoms with E-state index in [0.717, 1.165) is 17.1 Å². The van der Waals surface area contributed by atoms with Gasteiger partial charge in [0.2, 0.25) is 0 Å². The van der Waals surface area contributed by atoms with Gasteiger partial charge in [0, 0.05) is 18.3 Å². The van der Waals surface area contributed by atoms with E-state index in [1.54, 1.807) is 16.8 Å². The van der Waals surface area contributed by atoms with Crippen LogP contribution in [0.15, 0.2) is 54.6 Å². The second-order valence-corrected chi connectivity index (χ2v) is 4.70. The molecule has 2 aromatic carbocycles. The Labute approximate surface area is 123 Å². The third-order valence-electron chi connectivity index (χ3n) is 3.13. The van der Waals surface area contributed by atoms with Crippen LogP contribution in [0.25, 0.3) is 11.4 Å². The van der Waals surface area contributed by atoms with Gasteiger partial charge in [-0.3, -0.25) is 0 Å². The number of benzene rings is 2. The maximum atomic E-state index is 5.70. The number of hydrogen-bond donors (Lipinski definition) is 1. The van der Waals surface area contributed by atoms with E-state index in [4.69, 9.17) is 10.5 Å². The number of anilines is 1. The average Bonchev–Trinajstić information content (AvgIpc) is 2.89. The molecular formula is C16H16N4O. The molecule has 106 valence electrons. The minimum Gasteiger partial charge on any atom is -0.486 e. The van der Waals surface area contributed by atoms with E-state index in [1.165, 1.54) is 0 Å². The van der Waals surface area contributed by atoms with Crippen LogP contribution >= 0.6 is 0 Å². The van der Waals surface area contributed by atoms with Crippen molar-refractivity contribution in [3.63, 3.8) is 0 Å². The smallest absolute Gasteiger partial charge is 0.181 e. The lowest BCUT2D eigenvalue weighted by Gasteiger charge is -2.05. The van der Waals surface area contributed by atoms with Gasteiger partial charge >= 0.3 is 0 Å². The highest BCUT2D eigenvalue weighted by Gasteiger charge is 2.09. The minimum absolute atomic E-state index is 0.361. The molecular weight excluding hydrogens is 264 g/mol.